The van der Waals surface area contributed by atoms with Crippen LogP contribution in [0, 0.1) is 11.3 Å². The van der Waals surface area contributed by atoms with E-state index >= 15 is 0 Å². The van der Waals surface area contributed by atoms with Gasteiger partial charge in [0.15, 0.2) is 11.5 Å². The fourth-order valence-corrected chi connectivity index (χ4v) is 3.87. The summed E-state index contributed by atoms with van der Waals surface area (Å²) in [6, 6.07) is 17.8. The van der Waals surface area contributed by atoms with Gasteiger partial charge in [0.05, 0.1) is 18.6 Å². The monoisotopic (exact) mass is 430 g/mol. The molecule has 1 unspecified atom stereocenters. The predicted octanol–water partition coefficient (Wildman–Crippen LogP) is 4.51. The zero-order chi connectivity index (χ0) is 22.9. The lowest BCUT2D eigenvalue weighted by Gasteiger charge is -2.27. The number of aromatic amines is 1. The fourth-order valence-electron chi connectivity index (χ4n) is 3.87. The molecular weight excluding hydrogens is 404 g/mol. The molecule has 0 radical (unpaired) electrons. The molecule has 0 aliphatic carbocycles. The first-order valence-electron chi connectivity index (χ1n) is 10.3. The molecule has 164 valence electrons. The highest BCUT2D eigenvalue weighted by molar-refractivity contribution is 5.58. The molecule has 1 aliphatic rings. The molecule has 3 aromatic rings. The minimum atomic E-state index is -0.436. The third-order valence-corrected chi connectivity index (χ3v) is 5.45. The van der Waals surface area contributed by atoms with Crippen molar-refractivity contribution in [2.45, 2.75) is 38.7 Å². The summed E-state index contributed by atoms with van der Waals surface area (Å²) in [6.07, 6.45) is 0. The van der Waals surface area contributed by atoms with Crippen molar-refractivity contribution in [1.29, 1.82) is 5.26 Å². The van der Waals surface area contributed by atoms with Crippen LogP contribution < -0.4 is 19.9 Å². The highest BCUT2D eigenvalue weighted by Crippen LogP contribution is 2.46. The zero-order valence-electron chi connectivity index (χ0n) is 18.6. The van der Waals surface area contributed by atoms with Gasteiger partial charge in [0, 0.05) is 11.1 Å². The minimum absolute atomic E-state index is 0.0559. The van der Waals surface area contributed by atoms with Crippen molar-refractivity contribution in [3.63, 3.8) is 0 Å². The Morgan fingerprint density at radius 1 is 1.16 bits per heavy atom. The van der Waals surface area contributed by atoms with Crippen molar-refractivity contribution in [2.75, 3.05) is 7.11 Å². The summed E-state index contributed by atoms with van der Waals surface area (Å²) in [4.78, 5) is 0. The van der Waals surface area contributed by atoms with Crippen LogP contribution in [0.15, 0.2) is 60.0 Å². The fraction of sp³-hybridized carbons (Fsp3) is 0.280. The predicted molar refractivity (Wildman–Crippen MR) is 120 cm³/mol. The average Bonchev–Trinajstić information content (AvgIpc) is 3.21. The van der Waals surface area contributed by atoms with Crippen molar-refractivity contribution in [2.24, 2.45) is 5.73 Å². The van der Waals surface area contributed by atoms with Gasteiger partial charge in [-0.2, -0.15) is 5.26 Å². The Kier molecular flexibility index (Phi) is 5.54. The number of nitrogens with zero attached hydrogens (tertiary/aromatic N) is 2. The molecule has 32 heavy (non-hydrogen) atoms. The molecular formula is C25H26N4O3. The van der Waals surface area contributed by atoms with Gasteiger partial charge in [-0.15, -0.1) is 5.10 Å². The Hall–Kier alpha value is -3.92. The summed E-state index contributed by atoms with van der Waals surface area (Å²) in [5.41, 5.74) is 9.78. The van der Waals surface area contributed by atoms with Gasteiger partial charge in [0.25, 0.3) is 0 Å². The van der Waals surface area contributed by atoms with Gasteiger partial charge >= 0.3 is 0 Å². The molecule has 2 heterocycles. The summed E-state index contributed by atoms with van der Waals surface area (Å²) < 4.78 is 17.3. The van der Waals surface area contributed by atoms with Gasteiger partial charge in [-0.05, 0) is 23.3 Å². The molecule has 0 amide bonds. The topological polar surface area (TPSA) is 106 Å². The van der Waals surface area contributed by atoms with E-state index < -0.39 is 5.92 Å². The van der Waals surface area contributed by atoms with E-state index in [1.54, 1.807) is 7.11 Å². The van der Waals surface area contributed by atoms with Gasteiger partial charge in [0.1, 0.15) is 18.2 Å². The van der Waals surface area contributed by atoms with Gasteiger partial charge in [-0.3, -0.25) is 5.10 Å². The number of methoxy groups -OCH3 is 1. The van der Waals surface area contributed by atoms with Crippen LogP contribution >= 0.6 is 0 Å². The largest absolute Gasteiger partial charge is 0.493 e. The van der Waals surface area contributed by atoms with Crippen LogP contribution in [0.5, 0.6) is 17.4 Å². The van der Waals surface area contributed by atoms with E-state index in [1.165, 1.54) is 0 Å². The van der Waals surface area contributed by atoms with E-state index in [0.717, 1.165) is 22.4 Å². The molecule has 4 rings (SSSR count). The quantitative estimate of drug-likeness (QED) is 0.617. The number of ether oxygens (including phenoxy) is 3. The van der Waals surface area contributed by atoms with Crippen LogP contribution in [0.3, 0.4) is 0 Å². The number of rotatable bonds is 5. The second kappa shape index (κ2) is 8.31. The maximum Gasteiger partial charge on any atom is 0.244 e. The van der Waals surface area contributed by atoms with Crippen LogP contribution in [0.4, 0.5) is 0 Å². The molecule has 0 spiro atoms. The smallest absolute Gasteiger partial charge is 0.244 e. The lowest BCUT2D eigenvalue weighted by molar-refractivity contribution is 0.284. The molecule has 0 saturated carbocycles. The molecule has 0 bridgehead atoms. The highest BCUT2D eigenvalue weighted by atomic mass is 16.5. The van der Waals surface area contributed by atoms with E-state index in [0.29, 0.717) is 29.6 Å². The van der Waals surface area contributed by atoms with E-state index in [2.05, 4.69) is 37.0 Å². The average molecular weight is 431 g/mol. The van der Waals surface area contributed by atoms with E-state index in [4.69, 9.17) is 19.9 Å². The van der Waals surface area contributed by atoms with Crippen molar-refractivity contribution in [3.8, 4) is 23.4 Å². The number of nitrogens with one attached hydrogen (secondary N) is 1. The van der Waals surface area contributed by atoms with Crippen molar-refractivity contribution in [1.82, 2.24) is 10.2 Å². The van der Waals surface area contributed by atoms with Gasteiger partial charge in [-0.25, -0.2) is 0 Å². The van der Waals surface area contributed by atoms with E-state index in [-0.39, 0.29) is 11.3 Å². The number of allylic oxidation sites excluding steroid dienone is 1. The number of hydrogen-bond donors (Lipinski definition) is 2. The Balaban J connectivity index is 1.75. The second-order valence-electron chi connectivity index (χ2n) is 8.68. The van der Waals surface area contributed by atoms with Crippen LogP contribution in [-0.2, 0) is 12.0 Å². The Labute approximate surface area is 187 Å². The maximum absolute atomic E-state index is 9.89. The molecule has 1 atom stereocenters. The first-order chi connectivity index (χ1) is 15.3. The number of aromatic nitrogens is 2. The number of hydrogen-bond acceptors (Lipinski definition) is 6. The SMILES string of the molecule is COc1cc(C2C(C#N)=C(N)Oc3n[nH]c(C(C)(C)C)c32)ccc1OCc1ccccc1. The standard InChI is InChI=1S/C25H26N4O3/c1-25(2,3)22-21-20(17(13-26)23(27)32-24(21)29-28-22)16-10-11-18(19(12-16)30-4)31-14-15-8-6-5-7-9-15/h5-12,20H,14,27H2,1-4H3,(H,28,29). The Bertz CT molecular complexity index is 1200. The Morgan fingerprint density at radius 3 is 2.56 bits per heavy atom. The number of nitriles is 1. The molecule has 1 aliphatic heterocycles. The van der Waals surface area contributed by atoms with Crippen molar-refractivity contribution < 1.29 is 14.2 Å². The lowest BCUT2D eigenvalue weighted by atomic mass is 9.79. The third kappa shape index (κ3) is 3.87. The zero-order valence-corrected chi connectivity index (χ0v) is 18.6. The van der Waals surface area contributed by atoms with E-state index in [9.17, 15) is 5.26 Å². The summed E-state index contributed by atoms with van der Waals surface area (Å²) in [7, 11) is 1.59. The summed E-state index contributed by atoms with van der Waals surface area (Å²) in [5, 5.41) is 17.3. The van der Waals surface area contributed by atoms with Crippen LogP contribution in [-0.4, -0.2) is 17.3 Å². The number of fused-ring (bicyclic) bond motifs is 1. The normalized spacial score (nSPS) is 15.5. The van der Waals surface area contributed by atoms with Gasteiger partial charge in [-0.1, -0.05) is 57.2 Å². The molecule has 7 heteroatoms. The lowest BCUT2D eigenvalue weighted by Crippen LogP contribution is -2.24. The molecule has 1 aromatic heterocycles. The molecule has 7 nitrogen and oxygen atoms in total. The number of nitrogens with two attached hydrogens (primary N) is 1. The summed E-state index contributed by atoms with van der Waals surface area (Å²) in [6.45, 7) is 6.65. The maximum atomic E-state index is 9.89. The summed E-state index contributed by atoms with van der Waals surface area (Å²) >= 11 is 0. The number of benzene rings is 2. The van der Waals surface area contributed by atoms with E-state index in [1.807, 2.05) is 48.5 Å². The van der Waals surface area contributed by atoms with Crippen molar-refractivity contribution >= 4 is 0 Å². The minimum Gasteiger partial charge on any atom is -0.493 e. The first kappa shape index (κ1) is 21.3. The summed E-state index contributed by atoms with van der Waals surface area (Å²) in [5.74, 6) is 1.20. The molecule has 0 saturated heterocycles. The third-order valence-electron chi connectivity index (χ3n) is 5.45. The molecule has 2 aromatic carbocycles. The second-order valence-corrected chi connectivity index (χ2v) is 8.68. The molecule has 3 N–H and O–H groups in total. The van der Waals surface area contributed by atoms with Crippen molar-refractivity contribution in [3.05, 3.63) is 82.4 Å². The first-order valence-corrected chi connectivity index (χ1v) is 10.3. The number of H-pyrrole nitrogens is 1. The van der Waals surface area contributed by atoms with Gasteiger partial charge < -0.3 is 19.9 Å². The van der Waals surface area contributed by atoms with Crippen LogP contribution in [0.25, 0.3) is 0 Å². The van der Waals surface area contributed by atoms with Crippen LogP contribution in [0.1, 0.15) is 49.1 Å². The highest BCUT2D eigenvalue weighted by Gasteiger charge is 2.38. The molecule has 0 fully saturated rings. The van der Waals surface area contributed by atoms with Crippen LogP contribution in [0.2, 0.25) is 0 Å². The van der Waals surface area contributed by atoms with Gasteiger partial charge in [0.2, 0.25) is 11.8 Å². The Morgan fingerprint density at radius 2 is 1.91 bits per heavy atom.